The Morgan fingerprint density at radius 2 is 1.70 bits per heavy atom. The number of methoxy groups -OCH3 is 1. The first-order chi connectivity index (χ1) is 11.4. The minimum Gasteiger partial charge on any atom is -0.497 e. The molecule has 2 fully saturated rings. The topological polar surface area (TPSA) is 30.9 Å². The van der Waals surface area contributed by atoms with Crippen molar-refractivity contribution in [2.45, 2.75) is 18.2 Å². The molecular formula is C19H21NO3. The van der Waals surface area contributed by atoms with Crippen LogP contribution in [0.4, 0.5) is 5.69 Å². The Morgan fingerprint density at radius 3 is 2.43 bits per heavy atom. The minimum absolute atomic E-state index is 0.0256. The lowest BCUT2D eigenvalue weighted by atomic mass is 9.95. The maximum Gasteiger partial charge on any atom is 0.157 e. The molecule has 4 heteroatoms. The molecule has 0 bridgehead atoms. The molecule has 23 heavy (non-hydrogen) atoms. The van der Waals surface area contributed by atoms with Gasteiger partial charge in [-0.15, -0.1) is 0 Å². The molecule has 0 unspecified atom stereocenters. The second kappa shape index (κ2) is 6.22. The van der Waals surface area contributed by atoms with Crippen LogP contribution in [0.3, 0.4) is 0 Å². The van der Waals surface area contributed by atoms with Crippen LogP contribution in [0.15, 0.2) is 54.6 Å². The van der Waals surface area contributed by atoms with Gasteiger partial charge in [-0.3, -0.25) is 0 Å². The Hall–Kier alpha value is -2.04. The van der Waals surface area contributed by atoms with Gasteiger partial charge < -0.3 is 19.1 Å². The molecule has 0 saturated carbocycles. The summed E-state index contributed by atoms with van der Waals surface area (Å²) in [4.78, 5) is 2.31. The highest BCUT2D eigenvalue weighted by Crippen LogP contribution is 2.39. The Kier molecular flexibility index (Phi) is 3.93. The predicted molar refractivity (Wildman–Crippen MR) is 89.0 cm³/mol. The highest BCUT2D eigenvalue weighted by atomic mass is 16.6. The molecule has 0 aliphatic carbocycles. The molecule has 0 spiro atoms. The van der Waals surface area contributed by atoms with Gasteiger partial charge >= 0.3 is 0 Å². The number of hydrogen-bond acceptors (Lipinski definition) is 4. The van der Waals surface area contributed by atoms with Crippen LogP contribution in [0.1, 0.15) is 11.5 Å². The second-order valence-corrected chi connectivity index (χ2v) is 5.96. The summed E-state index contributed by atoms with van der Waals surface area (Å²) < 4.78 is 17.4. The normalized spacial score (nSPS) is 26.8. The van der Waals surface area contributed by atoms with Crippen molar-refractivity contribution in [1.82, 2.24) is 0 Å². The van der Waals surface area contributed by atoms with Gasteiger partial charge in [0.25, 0.3) is 0 Å². The van der Waals surface area contributed by atoms with E-state index in [0.717, 1.165) is 18.0 Å². The molecule has 0 aromatic heterocycles. The maximum absolute atomic E-state index is 6.07. The summed E-state index contributed by atoms with van der Waals surface area (Å²) >= 11 is 0. The first kappa shape index (κ1) is 14.5. The first-order valence-electron chi connectivity index (χ1n) is 8.05. The summed E-state index contributed by atoms with van der Waals surface area (Å²) in [7, 11) is 1.68. The molecule has 2 aromatic rings. The zero-order chi connectivity index (χ0) is 15.6. The summed E-state index contributed by atoms with van der Waals surface area (Å²) in [6.07, 6.45) is 0.0515. The smallest absolute Gasteiger partial charge is 0.157 e. The monoisotopic (exact) mass is 311 g/mol. The SMILES string of the molecule is COc1ccc(N2C[C@H](c3ccccc3)[C@H]3OCCO[C@H]32)cc1. The number of fused-ring (bicyclic) bond motifs is 1. The van der Waals surface area contributed by atoms with E-state index in [1.165, 1.54) is 5.56 Å². The molecule has 4 nitrogen and oxygen atoms in total. The fourth-order valence-electron chi connectivity index (χ4n) is 3.55. The molecule has 4 rings (SSSR count). The van der Waals surface area contributed by atoms with E-state index in [0.29, 0.717) is 19.1 Å². The van der Waals surface area contributed by atoms with Crippen molar-refractivity contribution in [2.24, 2.45) is 0 Å². The van der Waals surface area contributed by atoms with E-state index in [1.807, 2.05) is 12.1 Å². The van der Waals surface area contributed by atoms with Gasteiger partial charge in [0.05, 0.1) is 20.3 Å². The lowest BCUT2D eigenvalue weighted by Crippen LogP contribution is -2.44. The van der Waals surface area contributed by atoms with Gasteiger partial charge in [-0.2, -0.15) is 0 Å². The molecule has 120 valence electrons. The van der Waals surface area contributed by atoms with Crippen LogP contribution in [-0.4, -0.2) is 39.2 Å². The van der Waals surface area contributed by atoms with E-state index in [9.17, 15) is 0 Å². The van der Waals surface area contributed by atoms with Crippen molar-refractivity contribution in [1.29, 1.82) is 0 Å². The van der Waals surface area contributed by atoms with Crippen molar-refractivity contribution in [3.63, 3.8) is 0 Å². The average Bonchev–Trinajstić information content (AvgIpc) is 3.02. The van der Waals surface area contributed by atoms with Gasteiger partial charge in [0.2, 0.25) is 0 Å². The van der Waals surface area contributed by atoms with Crippen molar-refractivity contribution >= 4 is 5.69 Å². The summed E-state index contributed by atoms with van der Waals surface area (Å²) in [5.41, 5.74) is 2.45. The fourth-order valence-corrected chi connectivity index (χ4v) is 3.55. The largest absolute Gasteiger partial charge is 0.497 e. The maximum atomic E-state index is 6.07. The number of hydrogen-bond donors (Lipinski definition) is 0. The Labute approximate surface area is 136 Å². The van der Waals surface area contributed by atoms with E-state index in [1.54, 1.807) is 7.11 Å². The zero-order valence-corrected chi connectivity index (χ0v) is 13.2. The minimum atomic E-state index is -0.0256. The van der Waals surface area contributed by atoms with E-state index in [-0.39, 0.29) is 12.3 Å². The fraction of sp³-hybridized carbons (Fsp3) is 0.368. The van der Waals surface area contributed by atoms with Crippen molar-refractivity contribution in [3.05, 3.63) is 60.2 Å². The molecule has 0 amide bonds. The standard InChI is InChI=1S/C19H21NO3/c1-21-16-9-7-15(8-10-16)20-13-17(14-5-3-2-4-6-14)18-19(20)23-12-11-22-18/h2-10,17-19H,11-13H2,1H3/t17-,18-,19-/m1/s1. The van der Waals surface area contributed by atoms with Crippen molar-refractivity contribution in [3.8, 4) is 5.75 Å². The second-order valence-electron chi connectivity index (χ2n) is 5.96. The molecule has 3 atom stereocenters. The summed E-state index contributed by atoms with van der Waals surface area (Å²) in [6, 6.07) is 18.7. The number of rotatable bonds is 3. The quantitative estimate of drug-likeness (QED) is 0.872. The summed E-state index contributed by atoms with van der Waals surface area (Å²) in [6.45, 7) is 2.21. The van der Waals surface area contributed by atoms with Gasteiger partial charge in [0.1, 0.15) is 11.9 Å². The lowest BCUT2D eigenvalue weighted by Gasteiger charge is -2.33. The third kappa shape index (κ3) is 2.69. The number of anilines is 1. The molecule has 2 heterocycles. The molecular weight excluding hydrogens is 290 g/mol. The number of ether oxygens (including phenoxy) is 3. The zero-order valence-electron chi connectivity index (χ0n) is 13.2. The van der Waals surface area contributed by atoms with Crippen LogP contribution in [0.2, 0.25) is 0 Å². The van der Waals surface area contributed by atoms with E-state index >= 15 is 0 Å². The third-order valence-electron chi connectivity index (χ3n) is 4.69. The van der Waals surface area contributed by atoms with Crippen molar-refractivity contribution < 1.29 is 14.2 Å². The lowest BCUT2D eigenvalue weighted by molar-refractivity contribution is -0.128. The molecule has 2 saturated heterocycles. The molecule has 0 N–H and O–H groups in total. The molecule has 2 aliphatic heterocycles. The average molecular weight is 311 g/mol. The predicted octanol–water partition coefficient (Wildman–Crippen LogP) is 3.04. The van der Waals surface area contributed by atoms with Crippen LogP contribution in [-0.2, 0) is 9.47 Å². The number of benzene rings is 2. The summed E-state index contributed by atoms with van der Waals surface area (Å²) in [5, 5.41) is 0. The van der Waals surface area contributed by atoms with E-state index < -0.39 is 0 Å². The summed E-state index contributed by atoms with van der Waals surface area (Å²) in [5.74, 6) is 1.19. The van der Waals surface area contributed by atoms with Crippen LogP contribution in [0, 0.1) is 0 Å². The van der Waals surface area contributed by atoms with Crippen LogP contribution >= 0.6 is 0 Å². The van der Waals surface area contributed by atoms with Gasteiger partial charge in [-0.1, -0.05) is 30.3 Å². The molecule has 2 aromatic carbocycles. The first-order valence-corrected chi connectivity index (χ1v) is 8.05. The van der Waals surface area contributed by atoms with Gasteiger partial charge in [0.15, 0.2) is 6.23 Å². The third-order valence-corrected chi connectivity index (χ3v) is 4.69. The Balaban J connectivity index is 1.64. The van der Waals surface area contributed by atoms with Crippen LogP contribution < -0.4 is 9.64 Å². The van der Waals surface area contributed by atoms with Gasteiger partial charge in [0, 0.05) is 18.2 Å². The highest BCUT2D eigenvalue weighted by molar-refractivity contribution is 5.52. The Bertz CT molecular complexity index is 643. The van der Waals surface area contributed by atoms with E-state index in [2.05, 4.69) is 47.4 Å². The molecule has 0 radical (unpaired) electrons. The molecule has 2 aliphatic rings. The highest BCUT2D eigenvalue weighted by Gasteiger charge is 2.45. The number of nitrogens with zero attached hydrogens (tertiary/aromatic N) is 1. The van der Waals surface area contributed by atoms with Crippen LogP contribution in [0.25, 0.3) is 0 Å². The Morgan fingerprint density at radius 1 is 0.957 bits per heavy atom. The van der Waals surface area contributed by atoms with Crippen LogP contribution in [0.5, 0.6) is 5.75 Å². The van der Waals surface area contributed by atoms with Crippen molar-refractivity contribution in [2.75, 3.05) is 31.8 Å². The van der Waals surface area contributed by atoms with Gasteiger partial charge in [-0.05, 0) is 29.8 Å². The van der Waals surface area contributed by atoms with Gasteiger partial charge in [-0.25, -0.2) is 0 Å². The van der Waals surface area contributed by atoms with E-state index in [4.69, 9.17) is 14.2 Å².